The smallest absolute Gasteiger partial charge is 0.417 e. The van der Waals surface area contributed by atoms with Crippen LogP contribution in [-0.2, 0) is 6.18 Å². The second-order valence-electron chi connectivity index (χ2n) is 7.91. The van der Waals surface area contributed by atoms with Crippen molar-refractivity contribution in [1.29, 1.82) is 0 Å². The van der Waals surface area contributed by atoms with E-state index in [0.717, 1.165) is 12.1 Å². The number of carbonyl (C=O) groups is 2. The highest BCUT2D eigenvalue weighted by Crippen LogP contribution is 2.37. The number of alkyl halides is 3. The molecule has 180 valence electrons. The number of carbonyl (C=O) groups excluding carboxylic acids is 2. The van der Waals surface area contributed by atoms with Crippen molar-refractivity contribution >= 4 is 23.3 Å². The summed E-state index contributed by atoms with van der Waals surface area (Å²) in [5.74, 6) is -1.68. The van der Waals surface area contributed by atoms with Gasteiger partial charge in [-0.1, -0.05) is 18.2 Å². The Labute approximate surface area is 196 Å². The molecule has 1 N–H and O–H groups in total. The van der Waals surface area contributed by atoms with Gasteiger partial charge in [-0.25, -0.2) is 4.39 Å². The van der Waals surface area contributed by atoms with E-state index in [4.69, 9.17) is 4.74 Å². The van der Waals surface area contributed by atoms with Crippen molar-refractivity contribution in [2.45, 2.75) is 6.18 Å². The van der Waals surface area contributed by atoms with Crippen LogP contribution < -0.4 is 15.0 Å². The van der Waals surface area contributed by atoms with E-state index < -0.39 is 34.9 Å². The maximum absolute atomic E-state index is 14.1. The molecule has 0 aliphatic carbocycles. The summed E-state index contributed by atoms with van der Waals surface area (Å²) in [6.45, 7) is 0.793. The minimum absolute atomic E-state index is 0.0446. The lowest BCUT2D eigenvalue weighted by molar-refractivity contribution is -0.138. The summed E-state index contributed by atoms with van der Waals surface area (Å²) < 4.78 is 59.6. The number of nitrogens with zero attached hydrogens (tertiary/aromatic N) is 4. The summed E-state index contributed by atoms with van der Waals surface area (Å²) in [6.07, 6.45) is -4.64. The summed E-state index contributed by atoms with van der Waals surface area (Å²) in [6, 6.07) is 10.2. The molecule has 2 aliphatic heterocycles. The summed E-state index contributed by atoms with van der Waals surface area (Å²) in [5.41, 5.74) is -1.45. The lowest BCUT2D eigenvalue weighted by atomic mass is 10.1. The molecule has 0 radical (unpaired) electrons. The van der Waals surface area contributed by atoms with Crippen LogP contribution in [0.3, 0.4) is 0 Å². The van der Waals surface area contributed by atoms with Crippen molar-refractivity contribution in [3.05, 3.63) is 71.0 Å². The number of para-hydroxylation sites is 1. The molecule has 3 aromatic rings. The Kier molecular flexibility index (Phi) is 5.50. The number of benzene rings is 2. The third-order valence-electron chi connectivity index (χ3n) is 5.77. The predicted molar refractivity (Wildman–Crippen MR) is 116 cm³/mol. The van der Waals surface area contributed by atoms with E-state index >= 15 is 0 Å². The van der Waals surface area contributed by atoms with Crippen LogP contribution in [-0.4, -0.2) is 53.1 Å². The van der Waals surface area contributed by atoms with Crippen LogP contribution in [0.25, 0.3) is 0 Å². The number of halogens is 4. The highest BCUT2D eigenvalue weighted by Gasteiger charge is 2.36. The molecule has 0 bridgehead atoms. The van der Waals surface area contributed by atoms with E-state index in [9.17, 15) is 27.2 Å². The zero-order chi connectivity index (χ0) is 24.7. The molecule has 2 aliphatic rings. The van der Waals surface area contributed by atoms with Gasteiger partial charge in [0.15, 0.2) is 17.4 Å². The van der Waals surface area contributed by atoms with Gasteiger partial charge >= 0.3 is 6.18 Å². The van der Waals surface area contributed by atoms with Gasteiger partial charge in [-0.15, -0.1) is 10.2 Å². The first-order valence-corrected chi connectivity index (χ1v) is 10.6. The van der Waals surface area contributed by atoms with E-state index in [2.05, 4.69) is 15.5 Å². The lowest BCUT2D eigenvalue weighted by Gasteiger charge is -2.35. The van der Waals surface area contributed by atoms with Gasteiger partial charge in [0.25, 0.3) is 17.7 Å². The first kappa shape index (κ1) is 22.6. The molecule has 2 amide bonds. The van der Waals surface area contributed by atoms with E-state index in [1.807, 2.05) is 0 Å². The van der Waals surface area contributed by atoms with Gasteiger partial charge in [0.05, 0.1) is 11.1 Å². The fraction of sp³-hybridized carbons (Fsp3) is 0.217. The van der Waals surface area contributed by atoms with E-state index in [1.165, 1.54) is 41.3 Å². The monoisotopic (exact) mass is 487 g/mol. The zero-order valence-electron chi connectivity index (χ0n) is 18.0. The minimum atomic E-state index is -4.64. The Morgan fingerprint density at radius 3 is 2.49 bits per heavy atom. The molecule has 0 spiro atoms. The quantitative estimate of drug-likeness (QED) is 0.551. The molecule has 1 aromatic heterocycles. The summed E-state index contributed by atoms with van der Waals surface area (Å²) in [7, 11) is 0. The number of amides is 2. The first-order chi connectivity index (χ1) is 16.7. The second-order valence-corrected chi connectivity index (χ2v) is 7.91. The van der Waals surface area contributed by atoms with Crippen LogP contribution in [0.15, 0.2) is 48.5 Å². The summed E-state index contributed by atoms with van der Waals surface area (Å²) in [4.78, 5) is 28.6. The average molecular weight is 487 g/mol. The van der Waals surface area contributed by atoms with Gasteiger partial charge in [-0.2, -0.15) is 13.2 Å². The van der Waals surface area contributed by atoms with Gasteiger partial charge in [-0.3, -0.25) is 9.59 Å². The molecule has 2 aromatic carbocycles. The number of anilines is 2. The average Bonchev–Trinajstić information content (AvgIpc) is 2.99. The van der Waals surface area contributed by atoms with Gasteiger partial charge < -0.3 is 19.9 Å². The molecular formula is C23H17F4N5O3. The predicted octanol–water partition coefficient (Wildman–Crippen LogP) is 3.95. The van der Waals surface area contributed by atoms with Crippen LogP contribution in [0, 0.1) is 5.82 Å². The number of aromatic nitrogens is 2. The van der Waals surface area contributed by atoms with Crippen molar-refractivity contribution in [2.75, 3.05) is 36.4 Å². The Balaban J connectivity index is 1.32. The van der Waals surface area contributed by atoms with Crippen LogP contribution in [0.5, 0.6) is 11.6 Å². The lowest BCUT2D eigenvalue weighted by Crippen LogP contribution is -2.49. The molecule has 5 rings (SSSR count). The van der Waals surface area contributed by atoms with E-state index in [1.54, 1.807) is 4.90 Å². The number of piperazine rings is 1. The molecule has 0 unspecified atom stereocenters. The second kappa shape index (κ2) is 8.53. The molecule has 1 saturated heterocycles. The van der Waals surface area contributed by atoms with Crippen molar-refractivity contribution in [3.8, 4) is 11.6 Å². The minimum Gasteiger partial charge on any atom is -0.435 e. The molecule has 1 fully saturated rings. The summed E-state index contributed by atoms with van der Waals surface area (Å²) >= 11 is 0. The fourth-order valence-electron chi connectivity index (χ4n) is 3.98. The van der Waals surface area contributed by atoms with Crippen LogP contribution in [0.1, 0.15) is 26.3 Å². The first-order valence-electron chi connectivity index (χ1n) is 10.6. The maximum atomic E-state index is 14.1. The van der Waals surface area contributed by atoms with E-state index in [-0.39, 0.29) is 49.1 Å². The Bertz CT molecular complexity index is 1320. The molecule has 12 heteroatoms. The molecule has 8 nitrogen and oxygen atoms in total. The normalized spacial score (nSPS) is 15.5. The largest absolute Gasteiger partial charge is 0.435 e. The number of rotatable bonds is 2. The van der Waals surface area contributed by atoms with E-state index in [0.29, 0.717) is 5.82 Å². The van der Waals surface area contributed by atoms with Crippen molar-refractivity contribution < 1.29 is 31.9 Å². The Morgan fingerprint density at radius 2 is 1.74 bits per heavy atom. The van der Waals surface area contributed by atoms with Gasteiger partial charge in [-0.05, 0) is 24.3 Å². The van der Waals surface area contributed by atoms with Crippen molar-refractivity contribution in [2.24, 2.45) is 0 Å². The maximum Gasteiger partial charge on any atom is 0.417 e. The van der Waals surface area contributed by atoms with Crippen molar-refractivity contribution in [3.63, 3.8) is 0 Å². The number of hydrogen-bond donors (Lipinski definition) is 1. The Hall–Kier alpha value is -4.22. The topological polar surface area (TPSA) is 87.7 Å². The van der Waals surface area contributed by atoms with Gasteiger partial charge in [0, 0.05) is 32.2 Å². The standard InChI is InChI=1S/C23H17F4N5O3/c24-16-6-3-7-17-19(16)28-20(33)14-12-18(29-30-21(14)35-17)31-8-10-32(11-9-31)22(34)13-4-1-2-5-15(13)23(25,26)27/h1-7,12H,8-11H2,(H,28,33). The number of ether oxygens (including phenoxy) is 1. The molecular weight excluding hydrogens is 470 g/mol. The number of hydrogen-bond acceptors (Lipinski definition) is 6. The molecule has 0 saturated carbocycles. The zero-order valence-corrected chi connectivity index (χ0v) is 18.0. The van der Waals surface area contributed by atoms with Crippen LogP contribution in [0.4, 0.5) is 29.1 Å². The van der Waals surface area contributed by atoms with Crippen LogP contribution >= 0.6 is 0 Å². The van der Waals surface area contributed by atoms with Crippen LogP contribution in [0.2, 0.25) is 0 Å². The SMILES string of the molecule is O=C1Nc2c(F)cccc2Oc2nnc(N3CCN(C(=O)c4ccccc4C(F)(F)F)CC3)cc21. The number of nitrogens with one attached hydrogen (secondary N) is 1. The highest BCUT2D eigenvalue weighted by atomic mass is 19.4. The van der Waals surface area contributed by atoms with Gasteiger partial charge in [0.2, 0.25) is 0 Å². The third-order valence-corrected chi connectivity index (χ3v) is 5.77. The molecule has 0 atom stereocenters. The fourth-order valence-corrected chi connectivity index (χ4v) is 3.98. The van der Waals surface area contributed by atoms with Gasteiger partial charge in [0.1, 0.15) is 11.3 Å². The highest BCUT2D eigenvalue weighted by molar-refractivity contribution is 6.08. The molecule has 3 heterocycles. The summed E-state index contributed by atoms with van der Waals surface area (Å²) in [5, 5.41) is 10.5. The Morgan fingerprint density at radius 1 is 1.00 bits per heavy atom. The molecule has 35 heavy (non-hydrogen) atoms. The van der Waals surface area contributed by atoms with Crippen molar-refractivity contribution in [1.82, 2.24) is 15.1 Å². The number of fused-ring (bicyclic) bond motifs is 2. The third kappa shape index (κ3) is 4.22.